The van der Waals surface area contributed by atoms with Gasteiger partial charge in [0.15, 0.2) is 0 Å². The Balaban J connectivity index is 0.890. The van der Waals surface area contributed by atoms with E-state index in [9.17, 15) is 0 Å². The standard InChI is InChI=1S/C98H86B2N4OS/c1-97(2,3)71-51-43-69(44-52-71)80-37-26-38-81(70-45-53-72(54-46-70)98(4,5)6)96(80)104-87-64-92-85(99-82-39-22-24-41-86(82)103(75-35-20-11-21-36-75)89-60-79(62-93(106-92)95(89)99)101(73-31-16-9-17-32-73)74-33-18-10-19-34-74)63-84(87)100-83-40-23-25-42-90(83)105-91-61-78(59-88(104)94(91)100)102(76-55-47-67(48-56-76)65-27-12-7-13-28-65)77-57-49-68(50-58-77)66-29-14-8-15-30-66/h7-20,22-23,26-35,37-40,43-64,83,85,90,92H,21,24-25,36,41-42H2,1-6H3. The summed E-state index contributed by atoms with van der Waals surface area (Å²) in [5.41, 5.74) is 31.8. The van der Waals surface area contributed by atoms with Crippen molar-refractivity contribution in [2.24, 2.45) is 0 Å². The van der Waals surface area contributed by atoms with Crippen LogP contribution in [0, 0.1) is 0 Å². The highest BCUT2D eigenvalue weighted by Crippen LogP contribution is 2.60. The lowest BCUT2D eigenvalue weighted by molar-refractivity contribution is 0.186. The second-order valence-corrected chi connectivity index (χ2v) is 33.2. The molecular weight excluding hydrogens is 1300 g/mol. The highest BCUT2D eigenvalue weighted by Gasteiger charge is 2.55. The Morgan fingerprint density at radius 1 is 0.443 bits per heavy atom. The first-order chi connectivity index (χ1) is 51.8. The zero-order valence-electron chi connectivity index (χ0n) is 61.3. The summed E-state index contributed by atoms with van der Waals surface area (Å²) >= 11 is 2.08. The van der Waals surface area contributed by atoms with E-state index >= 15 is 0 Å². The Kier molecular flexibility index (Phi) is 16.5. The number of ether oxygens (including phenoxy) is 1. The number of anilines is 9. The number of hydrogen-bond donors (Lipinski definition) is 0. The minimum Gasteiger partial charge on any atom is -0.491 e. The molecular formula is C98H86B2N4OS. The van der Waals surface area contributed by atoms with E-state index in [1.807, 2.05) is 0 Å². The average molecular weight is 1390 g/mol. The molecule has 8 aliphatic rings. The van der Waals surface area contributed by atoms with Crippen LogP contribution < -0.4 is 35.3 Å². The Hall–Kier alpha value is -10.9. The van der Waals surface area contributed by atoms with Gasteiger partial charge in [0.2, 0.25) is 13.4 Å². The Labute approximate surface area is 631 Å². The fourth-order valence-electron chi connectivity index (χ4n) is 18.3. The first kappa shape index (κ1) is 65.8. The molecule has 5 nitrogen and oxygen atoms in total. The highest BCUT2D eigenvalue weighted by molar-refractivity contribution is 8.00. The van der Waals surface area contributed by atoms with E-state index in [1.54, 1.807) is 0 Å². The molecule has 4 aliphatic heterocycles. The molecule has 0 radical (unpaired) electrons. The van der Waals surface area contributed by atoms with E-state index in [4.69, 9.17) is 4.74 Å². The molecule has 0 saturated heterocycles. The van der Waals surface area contributed by atoms with E-state index in [2.05, 4.69) is 388 Å². The van der Waals surface area contributed by atoms with E-state index in [-0.39, 0.29) is 47.2 Å². The van der Waals surface area contributed by atoms with Gasteiger partial charge in [-0.1, -0.05) is 283 Å². The number of rotatable bonds is 12. The minimum absolute atomic E-state index is 0.0116. The maximum absolute atomic E-state index is 7.85. The van der Waals surface area contributed by atoms with Crippen molar-refractivity contribution < 1.29 is 4.74 Å². The van der Waals surface area contributed by atoms with Gasteiger partial charge in [-0.15, -0.1) is 11.8 Å². The van der Waals surface area contributed by atoms with Crippen LogP contribution in [0.25, 0.3) is 44.5 Å². The van der Waals surface area contributed by atoms with Crippen LogP contribution in [0.15, 0.2) is 348 Å². The summed E-state index contributed by atoms with van der Waals surface area (Å²) in [6, 6.07) is 98.2. The summed E-state index contributed by atoms with van der Waals surface area (Å²) in [5.74, 6) is 1.17. The molecule has 4 unspecified atom stereocenters. The number of nitrogens with zero attached hydrogens (tertiary/aromatic N) is 4. The molecule has 4 heterocycles. The first-order valence-electron chi connectivity index (χ1n) is 38.4. The normalized spacial score (nSPS) is 18.8. The molecule has 4 aliphatic carbocycles. The highest BCUT2D eigenvalue weighted by atomic mass is 32.2. The van der Waals surface area contributed by atoms with Crippen LogP contribution in [-0.4, -0.2) is 24.8 Å². The number of hydrogen-bond acceptors (Lipinski definition) is 6. The van der Waals surface area contributed by atoms with E-state index < -0.39 is 0 Å². The smallest absolute Gasteiger partial charge is 0.229 e. The Morgan fingerprint density at radius 3 is 1.52 bits per heavy atom. The molecule has 4 atom stereocenters. The van der Waals surface area contributed by atoms with Gasteiger partial charge in [-0.2, -0.15) is 0 Å². The molecule has 0 spiro atoms. The second kappa shape index (κ2) is 26.6. The molecule has 106 heavy (non-hydrogen) atoms. The minimum atomic E-state index is -0.0356. The molecule has 0 fully saturated rings. The summed E-state index contributed by atoms with van der Waals surface area (Å²) in [5, 5.41) is 0.0356. The van der Waals surface area contributed by atoms with Crippen molar-refractivity contribution in [2.45, 2.75) is 119 Å². The maximum Gasteiger partial charge on any atom is 0.229 e. The van der Waals surface area contributed by atoms with Gasteiger partial charge in [0, 0.05) is 90.1 Å². The van der Waals surface area contributed by atoms with Crippen LogP contribution in [0.4, 0.5) is 51.2 Å². The summed E-state index contributed by atoms with van der Waals surface area (Å²) in [6.07, 6.45) is 28.5. The van der Waals surface area contributed by atoms with Crippen LogP contribution in [-0.2, 0) is 10.8 Å². The SMILES string of the molecule is CC(C)(C)c1ccc(-c2cccc(-c3ccc(C(C)(C)C)cc3)c2N2C3=CC4Sc5cc(N(c6ccccc6)c6ccccc6)cc6c5B(C5=C(CCC=C5)N6C5=CC=CCC5)C4C=C3B3c4c(cc(N(c5ccc(-c6ccccc6)cc5)c5ccc(-c6ccccc6)cc5)cc42)OC2CCC=CC32)cc1. The number of fused-ring (bicyclic) bond motifs is 7. The van der Waals surface area contributed by atoms with Gasteiger partial charge >= 0.3 is 0 Å². The molecule has 0 amide bonds. The zero-order chi connectivity index (χ0) is 71.4. The molecule has 0 N–H and O–H groups in total. The molecule has 0 saturated carbocycles. The number of allylic oxidation sites excluding steroid dienone is 11. The predicted octanol–water partition coefficient (Wildman–Crippen LogP) is 25.0. The lowest BCUT2D eigenvalue weighted by Gasteiger charge is -2.52. The lowest BCUT2D eigenvalue weighted by atomic mass is 9.25. The monoisotopic (exact) mass is 1390 g/mol. The van der Waals surface area contributed by atoms with Gasteiger partial charge in [-0.25, -0.2) is 0 Å². The van der Waals surface area contributed by atoms with Gasteiger partial charge in [0.25, 0.3) is 0 Å². The molecule has 8 heteroatoms. The molecule has 516 valence electrons. The van der Waals surface area contributed by atoms with Gasteiger partial charge in [-0.3, -0.25) is 0 Å². The fourth-order valence-corrected chi connectivity index (χ4v) is 19.7. The van der Waals surface area contributed by atoms with Crippen molar-refractivity contribution in [1.29, 1.82) is 0 Å². The van der Waals surface area contributed by atoms with Crippen LogP contribution in [0.1, 0.15) is 91.2 Å². The number of para-hydroxylation sites is 3. The largest absolute Gasteiger partial charge is 0.491 e. The summed E-state index contributed by atoms with van der Waals surface area (Å²) in [7, 11) is 0. The third-order valence-electron chi connectivity index (χ3n) is 23.4. The molecule has 11 aromatic carbocycles. The van der Waals surface area contributed by atoms with Crippen molar-refractivity contribution in [1.82, 2.24) is 0 Å². The van der Waals surface area contributed by atoms with Crippen molar-refractivity contribution in [2.75, 3.05) is 19.6 Å². The zero-order valence-corrected chi connectivity index (χ0v) is 62.2. The Bertz CT molecular complexity index is 5260. The lowest BCUT2D eigenvalue weighted by Crippen LogP contribution is -2.57. The van der Waals surface area contributed by atoms with Gasteiger partial charge in [-0.05, 0) is 189 Å². The number of thioether (sulfide) groups is 1. The molecule has 0 aromatic heterocycles. The average Bonchev–Trinajstić information content (AvgIpc) is 0.686. The topological polar surface area (TPSA) is 22.2 Å². The van der Waals surface area contributed by atoms with Crippen LogP contribution in [0.2, 0.25) is 11.6 Å². The van der Waals surface area contributed by atoms with Crippen LogP contribution in [0.3, 0.4) is 0 Å². The molecule has 11 aromatic rings. The van der Waals surface area contributed by atoms with E-state index in [1.165, 1.54) is 105 Å². The van der Waals surface area contributed by atoms with Crippen LogP contribution >= 0.6 is 11.8 Å². The maximum atomic E-state index is 7.85. The number of benzene rings is 11. The van der Waals surface area contributed by atoms with Crippen molar-refractivity contribution in [3.63, 3.8) is 0 Å². The van der Waals surface area contributed by atoms with E-state index in [0.717, 1.165) is 89.8 Å². The fraction of sp³-hybridized carbons (Fsp3) is 0.184. The predicted molar refractivity (Wildman–Crippen MR) is 451 cm³/mol. The quantitative estimate of drug-likeness (QED) is 0.0892. The summed E-state index contributed by atoms with van der Waals surface area (Å²) in [6.45, 7) is 14.0. The summed E-state index contributed by atoms with van der Waals surface area (Å²) < 4.78 is 7.85. The van der Waals surface area contributed by atoms with Crippen molar-refractivity contribution >= 4 is 87.3 Å². The Morgan fingerprint density at radius 2 is 0.962 bits per heavy atom. The molecule has 19 rings (SSSR count). The molecule has 0 bridgehead atoms. The first-order valence-corrected chi connectivity index (χ1v) is 39.2. The third kappa shape index (κ3) is 11.6. The summed E-state index contributed by atoms with van der Waals surface area (Å²) in [4.78, 5) is 11.8. The van der Waals surface area contributed by atoms with Crippen molar-refractivity contribution in [3.8, 4) is 50.3 Å². The van der Waals surface area contributed by atoms with Crippen molar-refractivity contribution in [3.05, 3.63) is 355 Å². The van der Waals surface area contributed by atoms with Gasteiger partial charge < -0.3 is 24.3 Å². The third-order valence-corrected chi connectivity index (χ3v) is 24.7. The second-order valence-electron chi connectivity index (χ2n) is 31.9. The van der Waals surface area contributed by atoms with Gasteiger partial charge in [0.05, 0.1) is 17.5 Å². The van der Waals surface area contributed by atoms with Crippen LogP contribution in [0.5, 0.6) is 5.75 Å². The van der Waals surface area contributed by atoms with E-state index in [0.29, 0.717) is 0 Å². The van der Waals surface area contributed by atoms with Gasteiger partial charge in [0.1, 0.15) is 5.75 Å².